The average Bonchev–Trinajstić information content (AvgIpc) is 2.81. The lowest BCUT2D eigenvalue weighted by Gasteiger charge is -2.13. The number of ether oxygens (including phenoxy) is 1. The van der Waals surface area contributed by atoms with Crippen LogP contribution in [-0.2, 0) is 6.54 Å². The van der Waals surface area contributed by atoms with E-state index in [0.717, 1.165) is 28.4 Å². The van der Waals surface area contributed by atoms with Gasteiger partial charge in [0, 0.05) is 15.6 Å². The summed E-state index contributed by atoms with van der Waals surface area (Å²) in [4.78, 5) is 1.11. The Morgan fingerprint density at radius 3 is 2.89 bits per heavy atom. The van der Waals surface area contributed by atoms with E-state index < -0.39 is 0 Å². The molecule has 0 radical (unpaired) electrons. The quantitative estimate of drug-likeness (QED) is 0.831. The van der Waals surface area contributed by atoms with Crippen LogP contribution >= 0.6 is 22.9 Å². The van der Waals surface area contributed by atoms with Gasteiger partial charge in [-0.05, 0) is 36.1 Å². The van der Waals surface area contributed by atoms with E-state index in [-0.39, 0.29) is 0 Å². The molecule has 0 saturated carbocycles. The molecule has 2 rings (SSSR count). The Balaban J connectivity index is 2.09. The fourth-order valence-corrected chi connectivity index (χ4v) is 2.56. The number of nitrogens with two attached hydrogens (primary N) is 1. The summed E-state index contributed by atoms with van der Waals surface area (Å²) in [5.74, 6) is 0.821. The Bertz CT molecular complexity index is 542. The monoisotopic (exact) mass is 296 g/mol. The first-order chi connectivity index (χ1) is 9.20. The second kappa shape index (κ2) is 6.68. The lowest BCUT2D eigenvalue weighted by molar-refractivity contribution is 0.319. The van der Waals surface area contributed by atoms with Crippen LogP contribution in [0, 0.1) is 0 Å². The summed E-state index contributed by atoms with van der Waals surface area (Å²) in [6, 6.07) is 7.50. The number of hydrogen-bond donors (Lipinski definition) is 2. The van der Waals surface area contributed by atoms with Crippen LogP contribution in [0.3, 0.4) is 0 Å². The van der Waals surface area contributed by atoms with Gasteiger partial charge < -0.3 is 15.8 Å². The van der Waals surface area contributed by atoms with Gasteiger partial charge in [-0.3, -0.25) is 0 Å². The Kier molecular flexibility index (Phi) is 4.93. The van der Waals surface area contributed by atoms with Gasteiger partial charge in [-0.1, -0.05) is 18.5 Å². The van der Waals surface area contributed by atoms with Gasteiger partial charge in [0.05, 0.1) is 18.8 Å². The lowest BCUT2D eigenvalue weighted by atomic mass is 10.2. The van der Waals surface area contributed by atoms with Crippen molar-refractivity contribution in [1.82, 2.24) is 0 Å². The van der Waals surface area contributed by atoms with E-state index in [1.807, 2.05) is 29.6 Å². The summed E-state index contributed by atoms with van der Waals surface area (Å²) < 4.78 is 5.69. The Hall–Kier alpha value is -1.39. The normalized spacial score (nSPS) is 10.4. The van der Waals surface area contributed by atoms with Crippen LogP contribution in [0.4, 0.5) is 11.4 Å². The van der Waals surface area contributed by atoms with Crippen LogP contribution in [0.15, 0.2) is 29.6 Å². The fraction of sp³-hybridized carbons (Fsp3) is 0.286. The van der Waals surface area contributed by atoms with Gasteiger partial charge in [-0.15, -0.1) is 11.3 Å². The maximum absolute atomic E-state index is 6.03. The Morgan fingerprint density at radius 2 is 2.21 bits per heavy atom. The van der Waals surface area contributed by atoms with E-state index in [1.165, 1.54) is 0 Å². The first-order valence-corrected chi connectivity index (χ1v) is 7.44. The number of nitrogen functional groups attached to an aromatic ring is 1. The maximum atomic E-state index is 6.03. The highest BCUT2D eigenvalue weighted by Crippen LogP contribution is 2.29. The molecule has 1 heterocycles. The van der Waals surface area contributed by atoms with Crippen LogP contribution < -0.4 is 15.8 Å². The highest BCUT2D eigenvalue weighted by atomic mass is 35.5. The third-order valence-electron chi connectivity index (χ3n) is 2.62. The molecule has 19 heavy (non-hydrogen) atoms. The van der Waals surface area contributed by atoms with Crippen molar-refractivity contribution in [2.24, 2.45) is 0 Å². The molecule has 0 amide bonds. The molecule has 0 aliphatic rings. The molecule has 0 spiro atoms. The highest BCUT2D eigenvalue weighted by Gasteiger charge is 2.06. The predicted molar refractivity (Wildman–Crippen MR) is 83.3 cm³/mol. The topological polar surface area (TPSA) is 47.3 Å². The average molecular weight is 297 g/mol. The Labute approximate surface area is 122 Å². The molecule has 0 aliphatic carbocycles. The fourth-order valence-electron chi connectivity index (χ4n) is 1.65. The number of thiophene rings is 1. The van der Waals surface area contributed by atoms with Gasteiger partial charge in [0.25, 0.3) is 0 Å². The zero-order valence-corrected chi connectivity index (χ0v) is 12.4. The molecule has 0 unspecified atom stereocenters. The van der Waals surface area contributed by atoms with Crippen molar-refractivity contribution in [3.8, 4) is 5.75 Å². The SMILES string of the molecule is CCCOc1ccc(Cl)cc1NCc1sccc1N. The molecule has 0 saturated heterocycles. The molecule has 2 aromatic rings. The molecule has 102 valence electrons. The molecule has 0 fully saturated rings. The third kappa shape index (κ3) is 3.78. The second-order valence-corrected chi connectivity index (χ2v) is 5.58. The molecule has 5 heteroatoms. The number of hydrogen-bond acceptors (Lipinski definition) is 4. The summed E-state index contributed by atoms with van der Waals surface area (Å²) >= 11 is 7.66. The first-order valence-electron chi connectivity index (χ1n) is 6.18. The Morgan fingerprint density at radius 1 is 1.37 bits per heavy atom. The smallest absolute Gasteiger partial charge is 0.142 e. The highest BCUT2D eigenvalue weighted by molar-refractivity contribution is 7.10. The maximum Gasteiger partial charge on any atom is 0.142 e. The molecule has 0 atom stereocenters. The van der Waals surface area contributed by atoms with Crippen molar-refractivity contribution in [1.29, 1.82) is 0 Å². The zero-order valence-electron chi connectivity index (χ0n) is 10.8. The van der Waals surface area contributed by atoms with Crippen LogP contribution in [0.25, 0.3) is 0 Å². The van der Waals surface area contributed by atoms with Crippen LogP contribution in [0.1, 0.15) is 18.2 Å². The van der Waals surface area contributed by atoms with E-state index >= 15 is 0 Å². The molecule has 3 N–H and O–H groups in total. The summed E-state index contributed by atoms with van der Waals surface area (Å²) in [6.45, 7) is 3.44. The largest absolute Gasteiger partial charge is 0.491 e. The van der Waals surface area contributed by atoms with E-state index in [4.69, 9.17) is 22.1 Å². The minimum atomic E-state index is 0.673. The van der Waals surface area contributed by atoms with Gasteiger partial charge in [-0.2, -0.15) is 0 Å². The minimum absolute atomic E-state index is 0.673. The van der Waals surface area contributed by atoms with Gasteiger partial charge in [0.15, 0.2) is 0 Å². The van der Waals surface area contributed by atoms with E-state index in [1.54, 1.807) is 11.3 Å². The summed E-state index contributed by atoms with van der Waals surface area (Å²) in [5.41, 5.74) is 7.58. The number of benzene rings is 1. The van der Waals surface area contributed by atoms with E-state index in [0.29, 0.717) is 18.2 Å². The molecular formula is C14H17ClN2OS. The van der Waals surface area contributed by atoms with Gasteiger partial charge in [0.2, 0.25) is 0 Å². The van der Waals surface area contributed by atoms with E-state index in [2.05, 4.69) is 12.2 Å². The number of rotatable bonds is 6. The van der Waals surface area contributed by atoms with Crippen molar-refractivity contribution < 1.29 is 4.74 Å². The standard InChI is InChI=1S/C14H17ClN2OS/c1-2-6-18-13-4-3-10(15)8-12(13)17-9-14-11(16)5-7-19-14/h3-5,7-8,17H,2,6,9,16H2,1H3. The molecule has 1 aromatic heterocycles. The van der Waals surface area contributed by atoms with Crippen molar-refractivity contribution in [3.05, 3.63) is 39.5 Å². The van der Waals surface area contributed by atoms with Crippen molar-refractivity contribution in [2.45, 2.75) is 19.9 Å². The van der Waals surface area contributed by atoms with Crippen molar-refractivity contribution >= 4 is 34.3 Å². The number of halogens is 1. The van der Waals surface area contributed by atoms with Crippen LogP contribution in [-0.4, -0.2) is 6.61 Å². The van der Waals surface area contributed by atoms with E-state index in [9.17, 15) is 0 Å². The second-order valence-electron chi connectivity index (χ2n) is 4.14. The number of nitrogens with one attached hydrogen (secondary N) is 1. The minimum Gasteiger partial charge on any atom is -0.491 e. The number of anilines is 2. The zero-order chi connectivity index (χ0) is 13.7. The predicted octanol–water partition coefficient (Wildman–Crippen LogP) is 4.38. The van der Waals surface area contributed by atoms with Crippen LogP contribution in [0.2, 0.25) is 5.02 Å². The molecule has 0 aliphatic heterocycles. The van der Waals surface area contributed by atoms with Gasteiger partial charge in [0.1, 0.15) is 5.75 Å². The lowest BCUT2D eigenvalue weighted by Crippen LogP contribution is -2.03. The molecule has 1 aromatic carbocycles. The molecule has 0 bridgehead atoms. The first kappa shape index (κ1) is 14.0. The van der Waals surface area contributed by atoms with Crippen molar-refractivity contribution in [3.63, 3.8) is 0 Å². The molecule has 3 nitrogen and oxygen atoms in total. The molecular weight excluding hydrogens is 280 g/mol. The summed E-state index contributed by atoms with van der Waals surface area (Å²) in [6.07, 6.45) is 0.972. The summed E-state index contributed by atoms with van der Waals surface area (Å²) in [5, 5.41) is 6.00. The van der Waals surface area contributed by atoms with Gasteiger partial charge >= 0.3 is 0 Å². The third-order valence-corrected chi connectivity index (χ3v) is 3.79. The van der Waals surface area contributed by atoms with Crippen molar-refractivity contribution in [2.75, 3.05) is 17.7 Å². The van der Waals surface area contributed by atoms with Gasteiger partial charge in [-0.25, -0.2) is 0 Å². The summed E-state index contributed by atoms with van der Waals surface area (Å²) in [7, 11) is 0. The van der Waals surface area contributed by atoms with Crippen LogP contribution in [0.5, 0.6) is 5.75 Å².